The van der Waals surface area contributed by atoms with Gasteiger partial charge in [0.1, 0.15) is 41.2 Å². The molecule has 2 aliphatic heterocycles. The van der Waals surface area contributed by atoms with E-state index in [9.17, 15) is 57.7 Å². The zero-order valence-corrected chi connectivity index (χ0v) is 66.6. The minimum atomic E-state index is -0.940. The number of nitrogens with one attached hydrogen (secondary N) is 3. The Hall–Kier alpha value is -14.4. The van der Waals surface area contributed by atoms with Crippen molar-refractivity contribution in [2.24, 2.45) is 0 Å². The van der Waals surface area contributed by atoms with Gasteiger partial charge < -0.3 is 73.0 Å². The van der Waals surface area contributed by atoms with Crippen LogP contribution in [0.5, 0.6) is 46.0 Å². The number of nitrogens with zero attached hydrogens (tertiary/aromatic N) is 9. The molecule has 11 aromatic rings. The number of esters is 3. The van der Waals surface area contributed by atoms with Crippen LogP contribution in [0, 0.1) is 62.8 Å². The number of aromatic nitrogens is 4. The Bertz CT molecular complexity index is 5880. The number of carbonyl (C=O) groups excluding carboxylic acids is 3. The van der Waals surface area contributed by atoms with Crippen molar-refractivity contribution >= 4 is 56.8 Å². The molecule has 118 heavy (non-hydrogen) atoms. The van der Waals surface area contributed by atoms with Crippen LogP contribution < -0.4 is 75.4 Å². The minimum Gasteiger partial charge on any atom is -0.493 e. The predicted octanol–water partition coefficient (Wildman–Crippen LogP) is 10.5. The maximum absolute atomic E-state index is 13.7. The van der Waals surface area contributed by atoms with E-state index in [4.69, 9.17) is 59.5 Å². The molecule has 0 amide bonds. The second-order valence-corrected chi connectivity index (χ2v) is 25.0. The van der Waals surface area contributed by atoms with Gasteiger partial charge in [-0.05, 0) is 125 Å². The third kappa shape index (κ3) is 21.3. The number of hydrogen-bond donors (Lipinski definition) is 3. The Morgan fingerprint density at radius 1 is 0.449 bits per heavy atom. The molecule has 0 unspecified atom stereocenters. The summed E-state index contributed by atoms with van der Waals surface area (Å²) in [6.45, 7) is 8.15. The van der Waals surface area contributed by atoms with Crippen molar-refractivity contribution in [3.8, 4) is 104 Å². The van der Waals surface area contributed by atoms with Gasteiger partial charge in [-0.15, -0.1) is 0 Å². The summed E-state index contributed by atoms with van der Waals surface area (Å²) in [5.74, 6) is -0.488. The van der Waals surface area contributed by atoms with E-state index < -0.39 is 46.2 Å². The van der Waals surface area contributed by atoms with Gasteiger partial charge >= 0.3 is 17.9 Å². The summed E-state index contributed by atoms with van der Waals surface area (Å²) in [7, 11) is 15.4. The Labute approximate surface area is 679 Å². The normalized spacial score (nSPS) is 11.7. The van der Waals surface area contributed by atoms with E-state index in [0.717, 1.165) is 118 Å². The Morgan fingerprint density at radius 3 is 1.28 bits per heavy atom. The van der Waals surface area contributed by atoms with Crippen molar-refractivity contribution in [1.29, 1.82) is 21.0 Å². The average molecular weight is 1630 g/mol. The molecule has 0 radical (unpaired) electrons. The van der Waals surface area contributed by atoms with Gasteiger partial charge in [-0.1, -0.05) is 29.8 Å². The van der Waals surface area contributed by atoms with Crippen LogP contribution in [0.1, 0.15) is 38.3 Å². The first-order chi connectivity index (χ1) is 57.0. The lowest BCUT2D eigenvalue weighted by Gasteiger charge is -2.29. The van der Waals surface area contributed by atoms with Crippen LogP contribution in [-0.2, 0) is 30.2 Å². The number of hydrogen-bond acceptors (Lipinski definition) is 26. The molecular formula is C85H80ClF3N12O17. The van der Waals surface area contributed by atoms with Crippen LogP contribution in [0.3, 0.4) is 0 Å². The SMILES string of the molecule is C1CNCCN1.COC(=O)C(C(=O)OC)=C(Cl)c1ccc(OC)c(OC)c1.COC(=O)c1c(-c2ccc(OC)c(OC)c2)c(C#N)c2ccc(F)cn2c1=O.COc1ccc(-c2cc(=O)n3cc(F)ccc3c2C#N)cc1OC.COc1ccc(-c2cc(=O)n3cc(N4CCNCC4)ccc3c2C#N)cc1OC.N#CCc1ccc(F)cn1. The van der Waals surface area contributed by atoms with Gasteiger partial charge in [0.25, 0.3) is 16.7 Å². The highest BCUT2D eigenvalue weighted by Gasteiger charge is 2.29. The molecule has 2 aliphatic rings. The van der Waals surface area contributed by atoms with Crippen LogP contribution >= 0.6 is 11.6 Å². The standard InChI is InChI=1S/C22H22N4O3.C20H15FN2O5.C18H13FN2O3.C14H15ClO6.C7H5FN2.C4H10N2/c1-28-20-6-3-15(11-21(20)29-2)17-12-22(27)26-14-16(25-9-7-24-8-10-25)4-5-19(26)18(17)13-23;1-26-15-7-4-11(8-16(15)27-2)17-13(9-22)14-6-5-12(21)10-23(14)19(24)18(17)20(25)28-3;1-23-16-6-3-11(7-17(16)24-2)13-8-18(22)21-10-12(19)4-5-15(21)14(13)9-20;1-18-9-6-5-8(7-10(9)19-2)12(15)11(13(16)20-3)14(17)21-4;8-6-1-2-7(3-4-9)10-5-6;1-2-6-4-3-5-1/h3-6,11-12,14,24H,7-10H2,1-2H3;4-8,10H,1-3H3;3-8,10H,1-2H3;5-7H,1-4H3;1-2,5H,3H2;5-6H,1-4H2. The average Bonchev–Trinajstić information content (AvgIpc) is 0.744. The molecule has 4 aromatic carbocycles. The monoisotopic (exact) mass is 1630 g/mol. The van der Waals surface area contributed by atoms with Crippen molar-refractivity contribution in [2.75, 3.05) is 135 Å². The molecule has 2 saturated heterocycles. The highest BCUT2D eigenvalue weighted by atomic mass is 35.5. The van der Waals surface area contributed by atoms with Crippen molar-refractivity contribution in [2.45, 2.75) is 6.42 Å². The lowest BCUT2D eigenvalue weighted by molar-refractivity contribution is -0.143. The number of carbonyl (C=O) groups is 3. The quantitative estimate of drug-likeness (QED) is 0.0251. The number of nitriles is 4. The smallest absolute Gasteiger partial charge is 0.346 e. The molecule has 33 heteroatoms. The fraction of sp³-hybridized carbons (Fsp3) is 0.235. The van der Waals surface area contributed by atoms with E-state index in [-0.39, 0.29) is 50.6 Å². The third-order valence-corrected chi connectivity index (χ3v) is 18.3. The number of rotatable bonds is 17. The van der Waals surface area contributed by atoms with E-state index in [2.05, 4.69) is 47.4 Å². The van der Waals surface area contributed by atoms with E-state index in [1.54, 1.807) is 79.3 Å². The molecule has 7 aromatic heterocycles. The van der Waals surface area contributed by atoms with Crippen molar-refractivity contribution in [3.63, 3.8) is 0 Å². The first-order valence-electron chi connectivity index (χ1n) is 35.5. The molecular weight excluding hydrogens is 1550 g/mol. The van der Waals surface area contributed by atoms with Crippen molar-refractivity contribution in [3.05, 3.63) is 246 Å². The summed E-state index contributed by atoms with van der Waals surface area (Å²) in [4.78, 5) is 79.9. The van der Waals surface area contributed by atoms with Crippen molar-refractivity contribution in [1.82, 2.24) is 34.1 Å². The van der Waals surface area contributed by atoms with Crippen LogP contribution in [0.15, 0.2) is 178 Å². The van der Waals surface area contributed by atoms with E-state index in [0.29, 0.717) is 96.1 Å². The van der Waals surface area contributed by atoms with Crippen molar-refractivity contribution < 1.29 is 79.7 Å². The Balaban J connectivity index is 0.000000185. The minimum absolute atomic E-state index is 0.0206. The van der Waals surface area contributed by atoms with Gasteiger partial charge in [-0.3, -0.25) is 32.6 Å². The molecule has 0 saturated carbocycles. The van der Waals surface area contributed by atoms with Crippen LogP contribution in [0.4, 0.5) is 18.9 Å². The first kappa shape index (κ1) is 89.1. The van der Waals surface area contributed by atoms with Gasteiger partial charge in [0.05, 0.1) is 147 Å². The lowest BCUT2D eigenvalue weighted by Crippen LogP contribution is -2.43. The zero-order valence-electron chi connectivity index (χ0n) is 65.9. The number of pyridine rings is 7. The number of methoxy groups -OCH3 is 11. The topological polar surface area (TPSA) is 365 Å². The maximum atomic E-state index is 13.7. The summed E-state index contributed by atoms with van der Waals surface area (Å²) in [6, 6.07) is 42.7. The second-order valence-electron chi connectivity index (χ2n) is 24.6. The largest absolute Gasteiger partial charge is 0.493 e. The summed E-state index contributed by atoms with van der Waals surface area (Å²) in [5.41, 5.74) is 4.46. The molecule has 9 heterocycles. The second kappa shape index (κ2) is 43.2. The molecule has 2 fully saturated rings. The van der Waals surface area contributed by atoms with Gasteiger partial charge in [0.2, 0.25) is 0 Å². The number of ether oxygens (including phenoxy) is 11. The summed E-state index contributed by atoms with van der Waals surface area (Å²) in [5, 5.41) is 47.1. The maximum Gasteiger partial charge on any atom is 0.346 e. The predicted molar refractivity (Wildman–Crippen MR) is 433 cm³/mol. The molecule has 29 nitrogen and oxygen atoms in total. The van der Waals surface area contributed by atoms with Gasteiger partial charge in [-0.2, -0.15) is 21.0 Å². The number of anilines is 1. The summed E-state index contributed by atoms with van der Waals surface area (Å²) in [6.07, 6.45) is 5.15. The number of benzene rings is 4. The molecule has 0 spiro atoms. The number of halogens is 4. The van der Waals surface area contributed by atoms with Gasteiger partial charge in [0.15, 0.2) is 51.6 Å². The third-order valence-electron chi connectivity index (χ3n) is 17.9. The Morgan fingerprint density at radius 2 is 0.856 bits per heavy atom. The number of fused-ring (bicyclic) bond motifs is 3. The number of piperazine rings is 2. The zero-order chi connectivity index (χ0) is 85.7. The highest BCUT2D eigenvalue weighted by Crippen LogP contribution is 2.39. The summed E-state index contributed by atoms with van der Waals surface area (Å²) >= 11 is 6.13. The molecule has 0 aliphatic carbocycles. The molecule has 0 bridgehead atoms. The molecule has 0 atom stereocenters. The fourth-order valence-corrected chi connectivity index (χ4v) is 12.4. The van der Waals surface area contributed by atoms with E-state index in [1.807, 2.05) is 36.5 Å². The Kier molecular flexibility index (Phi) is 32.6. The van der Waals surface area contributed by atoms with E-state index >= 15 is 0 Å². The molecule has 13 rings (SSSR count). The van der Waals surface area contributed by atoms with Crippen LogP contribution in [-0.4, -0.2) is 167 Å². The highest BCUT2D eigenvalue weighted by molar-refractivity contribution is 6.53. The lowest BCUT2D eigenvalue weighted by atomic mass is 9.94. The van der Waals surface area contributed by atoms with E-state index in [1.165, 1.54) is 91.2 Å². The van der Waals surface area contributed by atoms with Gasteiger partial charge in [0, 0.05) is 99.8 Å². The first-order valence-corrected chi connectivity index (χ1v) is 35.9. The van der Waals surface area contributed by atoms with Crippen LogP contribution in [0.2, 0.25) is 0 Å². The molecule has 610 valence electrons. The summed E-state index contributed by atoms with van der Waals surface area (Å²) < 4.78 is 98.5. The fourth-order valence-electron chi connectivity index (χ4n) is 12.1. The van der Waals surface area contributed by atoms with Crippen LogP contribution in [0.25, 0.3) is 55.0 Å². The van der Waals surface area contributed by atoms with Gasteiger partial charge in [-0.25, -0.2) is 27.6 Å². The molecule has 3 N–H and O–H groups in total.